The Morgan fingerprint density at radius 1 is 1.30 bits per heavy atom. The maximum atomic E-state index is 12.6. The van der Waals surface area contributed by atoms with Crippen LogP contribution in [-0.4, -0.2) is 54.3 Å². The third-order valence-corrected chi connectivity index (χ3v) is 4.13. The molecule has 9 nitrogen and oxygen atoms in total. The van der Waals surface area contributed by atoms with Crippen LogP contribution >= 0.6 is 0 Å². The molecule has 1 aliphatic heterocycles. The molecule has 1 atom stereocenters. The molecule has 140 valence electrons. The van der Waals surface area contributed by atoms with Crippen LogP contribution < -0.4 is 19.5 Å². The Hall–Kier alpha value is -3.54. The lowest BCUT2D eigenvalue weighted by molar-refractivity contribution is 0.189. The van der Waals surface area contributed by atoms with Crippen molar-refractivity contribution >= 4 is 11.7 Å². The number of hydrogen-bond acceptors (Lipinski definition) is 7. The van der Waals surface area contributed by atoms with Gasteiger partial charge in [0.2, 0.25) is 5.69 Å². The second-order valence-electron chi connectivity index (χ2n) is 5.77. The molecule has 1 unspecified atom stereocenters. The Balaban J connectivity index is 1.64. The minimum Gasteiger partial charge on any atom is -0.493 e. The number of likely N-dealkylation sites (tertiary alicyclic amines) is 1. The molecule has 1 fully saturated rings. The number of para-hydroxylation sites is 1. The number of aromatic nitrogens is 2. The zero-order valence-electron chi connectivity index (χ0n) is 15.0. The normalized spacial score (nSPS) is 15.7. The van der Waals surface area contributed by atoms with Gasteiger partial charge in [-0.15, -0.1) is 0 Å². The zero-order valence-corrected chi connectivity index (χ0v) is 15.0. The van der Waals surface area contributed by atoms with Gasteiger partial charge in [-0.2, -0.15) is 5.26 Å². The van der Waals surface area contributed by atoms with Crippen molar-refractivity contribution < 1.29 is 19.0 Å². The number of nitrogens with zero attached hydrogens (tertiary/aromatic N) is 4. The maximum Gasteiger partial charge on any atom is 0.322 e. The van der Waals surface area contributed by atoms with Crippen LogP contribution in [0.4, 0.5) is 10.5 Å². The molecule has 0 saturated carbocycles. The molecule has 1 N–H and O–H groups in total. The molecular weight excluding hydrogens is 350 g/mol. The van der Waals surface area contributed by atoms with Crippen LogP contribution in [0, 0.1) is 11.3 Å². The van der Waals surface area contributed by atoms with Crippen LogP contribution in [0.25, 0.3) is 0 Å². The van der Waals surface area contributed by atoms with Gasteiger partial charge in [-0.3, -0.25) is 0 Å². The van der Waals surface area contributed by atoms with E-state index in [9.17, 15) is 4.79 Å². The molecule has 2 aromatic rings. The number of hydrogen-bond donors (Lipinski definition) is 1. The summed E-state index contributed by atoms with van der Waals surface area (Å²) in [4.78, 5) is 22.2. The highest BCUT2D eigenvalue weighted by atomic mass is 16.5. The lowest BCUT2D eigenvalue weighted by Gasteiger charge is -2.19. The number of methoxy groups -OCH3 is 2. The fourth-order valence-corrected chi connectivity index (χ4v) is 2.83. The summed E-state index contributed by atoms with van der Waals surface area (Å²) in [6.07, 6.45) is 3.27. The highest BCUT2D eigenvalue weighted by molar-refractivity contribution is 5.91. The second-order valence-corrected chi connectivity index (χ2v) is 5.77. The van der Waals surface area contributed by atoms with Gasteiger partial charge >= 0.3 is 6.03 Å². The predicted octanol–water partition coefficient (Wildman–Crippen LogP) is 2.05. The van der Waals surface area contributed by atoms with E-state index in [0.29, 0.717) is 36.7 Å². The Morgan fingerprint density at radius 3 is 2.85 bits per heavy atom. The first-order chi connectivity index (χ1) is 13.2. The summed E-state index contributed by atoms with van der Waals surface area (Å²) in [5.74, 6) is 1.17. The van der Waals surface area contributed by atoms with E-state index < -0.39 is 0 Å². The van der Waals surface area contributed by atoms with Gasteiger partial charge < -0.3 is 24.4 Å². The van der Waals surface area contributed by atoms with Crippen molar-refractivity contribution in [3.8, 4) is 23.4 Å². The van der Waals surface area contributed by atoms with Crippen molar-refractivity contribution in [1.29, 1.82) is 5.26 Å². The number of nitrogens with one attached hydrogen (secondary N) is 1. The molecule has 1 aromatic carbocycles. The smallest absolute Gasteiger partial charge is 0.322 e. The number of amides is 2. The van der Waals surface area contributed by atoms with Crippen LogP contribution in [0.2, 0.25) is 0 Å². The van der Waals surface area contributed by atoms with Gasteiger partial charge in [0, 0.05) is 25.4 Å². The molecule has 0 bridgehead atoms. The van der Waals surface area contributed by atoms with Gasteiger partial charge in [0.05, 0.1) is 26.5 Å². The summed E-state index contributed by atoms with van der Waals surface area (Å²) in [5, 5.41) is 11.9. The van der Waals surface area contributed by atoms with E-state index in [1.165, 1.54) is 26.6 Å². The van der Waals surface area contributed by atoms with Gasteiger partial charge in [0.1, 0.15) is 12.2 Å². The largest absolute Gasteiger partial charge is 0.493 e. The number of rotatable bonds is 5. The summed E-state index contributed by atoms with van der Waals surface area (Å²) >= 11 is 0. The molecule has 0 spiro atoms. The molecule has 27 heavy (non-hydrogen) atoms. The minimum atomic E-state index is -0.271. The molecule has 1 aromatic heterocycles. The molecule has 2 heterocycles. The second kappa shape index (κ2) is 8.23. The maximum absolute atomic E-state index is 12.6. The number of ether oxygens (including phenoxy) is 3. The fourth-order valence-electron chi connectivity index (χ4n) is 2.83. The molecule has 0 aliphatic carbocycles. The Bertz CT molecular complexity index is 867. The highest BCUT2D eigenvalue weighted by Gasteiger charge is 2.29. The van der Waals surface area contributed by atoms with Crippen molar-refractivity contribution in [1.82, 2.24) is 14.9 Å². The van der Waals surface area contributed by atoms with Crippen molar-refractivity contribution in [3.63, 3.8) is 0 Å². The zero-order chi connectivity index (χ0) is 19.2. The lowest BCUT2D eigenvalue weighted by atomic mass is 10.2. The highest BCUT2D eigenvalue weighted by Crippen LogP contribution is 2.35. The van der Waals surface area contributed by atoms with E-state index in [2.05, 4.69) is 15.3 Å². The first-order valence-corrected chi connectivity index (χ1v) is 8.31. The third-order valence-electron chi connectivity index (χ3n) is 4.13. The standard InChI is InChI=1S/C18H19N5O4/c1-25-15-5-3-4-13(16(15)26-2)22-18(24)23-9-6-12(11-23)27-17-14(10-19)20-7-8-21-17/h3-5,7-8,12H,6,9,11H2,1-2H3,(H,22,24). The van der Waals surface area contributed by atoms with Crippen LogP contribution in [-0.2, 0) is 0 Å². The van der Waals surface area contributed by atoms with E-state index in [-0.39, 0.29) is 23.7 Å². The average molecular weight is 369 g/mol. The van der Waals surface area contributed by atoms with Gasteiger partial charge in [0.15, 0.2) is 11.5 Å². The quantitative estimate of drug-likeness (QED) is 0.859. The number of nitriles is 1. The molecule has 1 saturated heterocycles. The van der Waals surface area contributed by atoms with Crippen molar-refractivity contribution in [2.75, 3.05) is 32.6 Å². The third kappa shape index (κ3) is 4.00. The average Bonchev–Trinajstić information content (AvgIpc) is 3.16. The van der Waals surface area contributed by atoms with Crippen molar-refractivity contribution in [3.05, 3.63) is 36.3 Å². The number of urea groups is 1. The van der Waals surface area contributed by atoms with Crippen LogP contribution in [0.15, 0.2) is 30.6 Å². The van der Waals surface area contributed by atoms with E-state index >= 15 is 0 Å². The lowest BCUT2D eigenvalue weighted by Crippen LogP contribution is -2.34. The van der Waals surface area contributed by atoms with Crippen molar-refractivity contribution in [2.45, 2.75) is 12.5 Å². The molecule has 9 heteroatoms. The van der Waals surface area contributed by atoms with Crippen LogP contribution in [0.3, 0.4) is 0 Å². The summed E-state index contributed by atoms with van der Waals surface area (Å²) in [6, 6.07) is 6.93. The number of carbonyl (C=O) groups is 1. The Morgan fingerprint density at radius 2 is 2.11 bits per heavy atom. The van der Waals surface area contributed by atoms with Crippen LogP contribution in [0.5, 0.6) is 17.4 Å². The first-order valence-electron chi connectivity index (χ1n) is 8.31. The topological polar surface area (TPSA) is 110 Å². The van der Waals surface area contributed by atoms with E-state index in [1.54, 1.807) is 23.1 Å². The molecular formula is C18H19N5O4. The number of anilines is 1. The van der Waals surface area contributed by atoms with Gasteiger partial charge in [0.25, 0.3) is 5.88 Å². The SMILES string of the molecule is COc1cccc(NC(=O)N2CCC(Oc3nccnc3C#N)C2)c1OC. The number of carbonyl (C=O) groups excluding carboxylic acids is 1. The van der Waals surface area contributed by atoms with Gasteiger partial charge in [-0.05, 0) is 12.1 Å². The minimum absolute atomic E-state index is 0.126. The molecule has 1 aliphatic rings. The predicted molar refractivity (Wildman–Crippen MR) is 95.9 cm³/mol. The van der Waals surface area contributed by atoms with E-state index in [1.807, 2.05) is 6.07 Å². The van der Waals surface area contributed by atoms with Crippen LogP contribution in [0.1, 0.15) is 12.1 Å². The summed E-state index contributed by atoms with van der Waals surface area (Å²) in [5.41, 5.74) is 0.647. The summed E-state index contributed by atoms with van der Waals surface area (Å²) in [7, 11) is 3.05. The fraction of sp³-hybridized carbons (Fsp3) is 0.333. The van der Waals surface area contributed by atoms with Gasteiger partial charge in [-0.1, -0.05) is 6.07 Å². The van der Waals surface area contributed by atoms with E-state index in [0.717, 1.165) is 0 Å². The summed E-state index contributed by atoms with van der Waals surface area (Å²) in [6.45, 7) is 0.893. The summed E-state index contributed by atoms with van der Waals surface area (Å²) < 4.78 is 16.3. The van der Waals surface area contributed by atoms with Gasteiger partial charge in [-0.25, -0.2) is 14.8 Å². The molecule has 3 rings (SSSR count). The Kier molecular flexibility index (Phi) is 5.56. The molecule has 0 radical (unpaired) electrons. The Labute approximate surface area is 156 Å². The molecule has 2 amide bonds. The number of benzene rings is 1. The first kappa shape index (κ1) is 18.3. The monoisotopic (exact) mass is 369 g/mol. The van der Waals surface area contributed by atoms with Crippen molar-refractivity contribution in [2.24, 2.45) is 0 Å². The van der Waals surface area contributed by atoms with E-state index in [4.69, 9.17) is 19.5 Å².